The van der Waals surface area contributed by atoms with Gasteiger partial charge in [-0.3, -0.25) is 14.4 Å². The summed E-state index contributed by atoms with van der Waals surface area (Å²) in [6.07, 6.45) is -3.09. The summed E-state index contributed by atoms with van der Waals surface area (Å²) in [6.45, 7) is 0.315. The third-order valence-electron chi connectivity index (χ3n) is 7.71. The van der Waals surface area contributed by atoms with Crippen molar-refractivity contribution in [3.8, 4) is 5.75 Å². The summed E-state index contributed by atoms with van der Waals surface area (Å²) >= 11 is 0. The highest BCUT2D eigenvalue weighted by Crippen LogP contribution is 2.30. The lowest BCUT2D eigenvalue weighted by molar-refractivity contribution is -0.157. The van der Waals surface area contributed by atoms with Crippen molar-refractivity contribution in [3.05, 3.63) is 77.5 Å². The molecule has 0 saturated carbocycles. The van der Waals surface area contributed by atoms with E-state index in [0.29, 0.717) is 31.6 Å². The van der Waals surface area contributed by atoms with Gasteiger partial charge in [0.05, 0.1) is 19.3 Å². The predicted octanol–water partition coefficient (Wildman–Crippen LogP) is 4.10. The Bertz CT molecular complexity index is 1450. The number of nitrogens with one attached hydrogen (secondary N) is 1. The number of hydrogen-bond acceptors (Lipinski definition) is 8. The van der Waals surface area contributed by atoms with Gasteiger partial charge in [0, 0.05) is 31.7 Å². The topological polar surface area (TPSA) is 124 Å². The molecule has 0 spiro atoms. The number of likely N-dealkylation sites (tertiary alicyclic amines) is 1. The number of carbonyl (C=O) groups excluding carboxylic acids is 3. The number of benzene rings is 2. The van der Waals surface area contributed by atoms with Gasteiger partial charge in [0.1, 0.15) is 18.4 Å². The molecule has 1 fully saturated rings. The molecule has 0 radical (unpaired) electrons. The first kappa shape index (κ1) is 31.2. The Labute approximate surface area is 251 Å². The molecule has 44 heavy (non-hydrogen) atoms. The van der Waals surface area contributed by atoms with E-state index in [9.17, 15) is 27.6 Å². The van der Waals surface area contributed by atoms with Gasteiger partial charge in [0.15, 0.2) is 5.78 Å². The van der Waals surface area contributed by atoms with Crippen molar-refractivity contribution in [1.29, 1.82) is 0 Å². The highest BCUT2D eigenvalue weighted by Gasteiger charge is 2.40. The van der Waals surface area contributed by atoms with E-state index >= 15 is 0 Å². The fourth-order valence-corrected chi connectivity index (χ4v) is 5.45. The maximum atomic E-state index is 14.0. The molecule has 5 rings (SSSR count). The minimum atomic E-state index is -4.87. The van der Waals surface area contributed by atoms with Crippen molar-refractivity contribution >= 4 is 17.6 Å². The SMILES string of the molecule is O=C1N[C@H](c2nnc(C(F)(F)F)o2)COCCOc2cccc(c2)C[C@H](N2CCCC2=O)C(=O)C[C@H]1CCc1ccccc1. The van der Waals surface area contributed by atoms with E-state index < -0.39 is 41.9 Å². The molecule has 2 aromatic carbocycles. The summed E-state index contributed by atoms with van der Waals surface area (Å²) in [5.41, 5.74) is 1.75. The average Bonchev–Trinajstić information content (AvgIpc) is 3.67. The van der Waals surface area contributed by atoms with Gasteiger partial charge >= 0.3 is 12.1 Å². The summed E-state index contributed by atoms with van der Waals surface area (Å²) in [6, 6.07) is 14.6. The third-order valence-corrected chi connectivity index (χ3v) is 7.71. The molecule has 0 unspecified atom stereocenters. The number of hydrogen-bond donors (Lipinski definition) is 1. The first-order valence-corrected chi connectivity index (χ1v) is 14.5. The number of rotatable bonds is 5. The third kappa shape index (κ3) is 8.01. The second-order valence-electron chi connectivity index (χ2n) is 10.9. The van der Waals surface area contributed by atoms with E-state index in [2.05, 4.69) is 15.5 Å². The van der Waals surface area contributed by atoms with Crippen LogP contribution in [-0.2, 0) is 38.1 Å². The van der Waals surface area contributed by atoms with Crippen molar-refractivity contribution in [2.75, 3.05) is 26.4 Å². The summed E-state index contributed by atoms with van der Waals surface area (Å²) in [5, 5.41) is 9.29. The number of amides is 2. The van der Waals surface area contributed by atoms with Crippen LogP contribution < -0.4 is 10.1 Å². The molecule has 13 heteroatoms. The predicted molar refractivity (Wildman–Crippen MR) is 149 cm³/mol. The number of halogens is 3. The van der Waals surface area contributed by atoms with Gasteiger partial charge < -0.3 is 24.1 Å². The van der Waals surface area contributed by atoms with E-state index in [1.54, 1.807) is 23.1 Å². The summed E-state index contributed by atoms with van der Waals surface area (Å²) in [5.74, 6) is -3.33. The monoisotopic (exact) mass is 614 g/mol. The van der Waals surface area contributed by atoms with Crippen LogP contribution in [0.4, 0.5) is 13.2 Å². The van der Waals surface area contributed by atoms with Crippen molar-refractivity contribution in [2.45, 2.75) is 56.8 Å². The van der Waals surface area contributed by atoms with Gasteiger partial charge in [-0.1, -0.05) is 42.5 Å². The maximum Gasteiger partial charge on any atom is 0.470 e. The molecule has 234 valence electrons. The molecule has 10 nitrogen and oxygen atoms in total. The first-order chi connectivity index (χ1) is 21.2. The van der Waals surface area contributed by atoms with Crippen LogP contribution in [0.5, 0.6) is 5.75 Å². The van der Waals surface area contributed by atoms with Gasteiger partial charge in [0.25, 0.3) is 0 Å². The minimum Gasteiger partial charge on any atom is -0.491 e. The first-order valence-electron chi connectivity index (χ1n) is 14.5. The van der Waals surface area contributed by atoms with Crippen LogP contribution >= 0.6 is 0 Å². The second-order valence-corrected chi connectivity index (χ2v) is 10.9. The highest BCUT2D eigenvalue weighted by atomic mass is 19.4. The average molecular weight is 615 g/mol. The second kappa shape index (κ2) is 14.0. The van der Waals surface area contributed by atoms with Crippen molar-refractivity contribution in [1.82, 2.24) is 20.4 Å². The van der Waals surface area contributed by atoms with E-state index in [1.165, 1.54) is 0 Å². The Kier molecular flexibility index (Phi) is 9.93. The van der Waals surface area contributed by atoms with Crippen molar-refractivity contribution in [3.63, 3.8) is 0 Å². The van der Waals surface area contributed by atoms with E-state index in [1.807, 2.05) is 36.4 Å². The Morgan fingerprint density at radius 3 is 2.52 bits per heavy atom. The lowest BCUT2D eigenvalue weighted by Crippen LogP contribution is -2.45. The van der Waals surface area contributed by atoms with Gasteiger partial charge in [-0.05, 0) is 42.5 Å². The van der Waals surface area contributed by atoms with Crippen LogP contribution in [0.3, 0.4) is 0 Å². The molecule has 0 aliphatic carbocycles. The quantitative estimate of drug-likeness (QED) is 0.456. The number of carbonyl (C=O) groups is 3. The summed E-state index contributed by atoms with van der Waals surface area (Å²) in [4.78, 5) is 42.1. The van der Waals surface area contributed by atoms with Gasteiger partial charge in [0.2, 0.25) is 17.7 Å². The number of fused-ring (bicyclic) bond motifs is 2. The summed E-state index contributed by atoms with van der Waals surface area (Å²) < 4.78 is 55.9. The molecule has 1 aromatic heterocycles. The van der Waals surface area contributed by atoms with E-state index in [-0.39, 0.29) is 50.8 Å². The Hall–Kier alpha value is -4.26. The molecule has 3 atom stereocenters. The van der Waals surface area contributed by atoms with Crippen molar-refractivity contribution < 1.29 is 41.4 Å². The Balaban J connectivity index is 1.46. The molecule has 2 amide bonds. The van der Waals surface area contributed by atoms with Gasteiger partial charge in [-0.15, -0.1) is 10.2 Å². The molecule has 3 aromatic rings. The largest absolute Gasteiger partial charge is 0.491 e. The zero-order valence-electron chi connectivity index (χ0n) is 23.9. The minimum absolute atomic E-state index is 0.0533. The molecule has 2 aliphatic rings. The molecule has 2 aliphatic heterocycles. The Morgan fingerprint density at radius 1 is 0.977 bits per heavy atom. The number of aryl methyl sites for hydroxylation is 1. The molecule has 3 heterocycles. The number of aromatic nitrogens is 2. The Morgan fingerprint density at radius 2 is 1.80 bits per heavy atom. The zero-order chi connectivity index (χ0) is 31.1. The van der Waals surface area contributed by atoms with E-state index in [0.717, 1.165) is 11.1 Å². The summed E-state index contributed by atoms with van der Waals surface area (Å²) in [7, 11) is 0. The normalized spacial score (nSPS) is 22.5. The highest BCUT2D eigenvalue weighted by molar-refractivity contribution is 5.93. The molecule has 2 bridgehead atoms. The van der Waals surface area contributed by atoms with Crippen LogP contribution in [-0.4, -0.2) is 65.1 Å². The fraction of sp³-hybridized carbons (Fsp3) is 0.452. The maximum absolute atomic E-state index is 14.0. The van der Waals surface area contributed by atoms with Crippen LogP contribution in [0.15, 0.2) is 59.0 Å². The van der Waals surface area contributed by atoms with Crippen LogP contribution in [0.25, 0.3) is 0 Å². The number of Topliss-reactive ketones (excluding diaryl/α,β-unsaturated/α-hetero) is 1. The molecule has 1 saturated heterocycles. The van der Waals surface area contributed by atoms with Crippen LogP contribution in [0.2, 0.25) is 0 Å². The number of ketones is 1. The fourth-order valence-electron chi connectivity index (χ4n) is 5.45. The van der Waals surface area contributed by atoms with E-state index in [4.69, 9.17) is 13.9 Å². The standard InChI is InChI=1S/C31H33F3N4O6/c32-31(33,34)30-37-36-29(44-30)24-19-42-14-15-43-23-9-4-8-21(16-23)17-25(38-13-5-10-27(38)40)26(39)18-22(28(41)35-24)12-11-20-6-2-1-3-7-20/h1-4,6-9,16,22,24-25H,5,10-15,17-19H2,(H,35,41)/t22-,24+,25+/m1/s1. The smallest absolute Gasteiger partial charge is 0.470 e. The number of alkyl halides is 3. The lowest BCUT2D eigenvalue weighted by atomic mass is 9.89. The van der Waals surface area contributed by atoms with Gasteiger partial charge in [-0.25, -0.2) is 0 Å². The number of ether oxygens (including phenoxy) is 2. The van der Waals surface area contributed by atoms with Crippen LogP contribution in [0, 0.1) is 5.92 Å². The number of nitrogens with zero attached hydrogens (tertiary/aromatic N) is 3. The van der Waals surface area contributed by atoms with Crippen molar-refractivity contribution in [2.24, 2.45) is 5.92 Å². The molecular weight excluding hydrogens is 581 g/mol. The van der Waals surface area contributed by atoms with Crippen LogP contribution in [0.1, 0.15) is 54.6 Å². The zero-order valence-corrected chi connectivity index (χ0v) is 23.9. The molecule has 1 N–H and O–H groups in total. The molecular formula is C31H33F3N4O6. The van der Waals surface area contributed by atoms with Gasteiger partial charge in [-0.2, -0.15) is 13.2 Å². The lowest BCUT2D eigenvalue weighted by Gasteiger charge is -2.29.